The first-order chi connectivity index (χ1) is 13.8. The van der Waals surface area contributed by atoms with Gasteiger partial charge in [-0.05, 0) is 56.9 Å². The van der Waals surface area contributed by atoms with Crippen molar-refractivity contribution in [3.63, 3.8) is 0 Å². The molecule has 0 unspecified atom stereocenters. The van der Waals surface area contributed by atoms with Crippen LogP contribution in [0.2, 0.25) is 0 Å². The van der Waals surface area contributed by atoms with E-state index >= 15 is 0 Å². The third-order valence-corrected chi connectivity index (χ3v) is 9.26. The molecular formula is C24H15NS2Si. The Bertz CT molecular complexity index is 1140. The van der Waals surface area contributed by atoms with Crippen molar-refractivity contribution < 1.29 is 0 Å². The Kier molecular flexibility index (Phi) is 3.96. The fourth-order valence-corrected chi connectivity index (χ4v) is 7.37. The summed E-state index contributed by atoms with van der Waals surface area (Å²) in [5.41, 5.74) is 5.32. The monoisotopic (exact) mass is 409 g/mol. The summed E-state index contributed by atoms with van der Waals surface area (Å²) in [5, 5.41) is 4.06. The Morgan fingerprint density at radius 1 is 0.679 bits per heavy atom. The highest BCUT2D eigenvalue weighted by atomic mass is 32.2. The van der Waals surface area contributed by atoms with Crippen molar-refractivity contribution >= 4 is 43.4 Å². The standard InChI is InChI=1S/C24H15NS2Si/c1-2-6-22-19(5-1)26-21-14-16(9-10-23(21)28-22)15-7-8-17-12-18-4-3-11-25-24(18)27-20(17)13-15/h1-11,13-14H,12H2. The summed E-state index contributed by atoms with van der Waals surface area (Å²) in [6, 6.07) is 26.8. The summed E-state index contributed by atoms with van der Waals surface area (Å²) in [7, 11) is 0.749. The molecular weight excluding hydrogens is 394 g/mol. The van der Waals surface area contributed by atoms with Gasteiger partial charge in [0.05, 0.1) is 0 Å². The van der Waals surface area contributed by atoms with Crippen LogP contribution >= 0.6 is 23.5 Å². The summed E-state index contributed by atoms with van der Waals surface area (Å²) >= 11 is 3.70. The van der Waals surface area contributed by atoms with Crippen LogP contribution in [0.15, 0.2) is 98.7 Å². The average Bonchev–Trinajstić information content (AvgIpc) is 2.75. The number of hydrogen-bond acceptors (Lipinski definition) is 3. The molecule has 0 bridgehead atoms. The summed E-state index contributed by atoms with van der Waals surface area (Å²) in [6.07, 6.45) is 2.86. The molecule has 4 aromatic rings. The minimum Gasteiger partial charge on any atom is -0.249 e. The molecule has 4 heteroatoms. The maximum atomic E-state index is 4.56. The minimum absolute atomic E-state index is 0.749. The second-order valence-electron chi connectivity index (χ2n) is 7.00. The van der Waals surface area contributed by atoms with Gasteiger partial charge in [0.1, 0.15) is 14.5 Å². The highest BCUT2D eigenvalue weighted by Gasteiger charge is 2.19. The van der Waals surface area contributed by atoms with Crippen LogP contribution in [-0.2, 0) is 6.42 Å². The summed E-state index contributed by atoms with van der Waals surface area (Å²) in [5.74, 6) is 0. The van der Waals surface area contributed by atoms with E-state index in [4.69, 9.17) is 0 Å². The molecule has 3 heterocycles. The number of benzene rings is 3. The van der Waals surface area contributed by atoms with E-state index < -0.39 is 0 Å². The Morgan fingerprint density at radius 2 is 1.50 bits per heavy atom. The maximum absolute atomic E-state index is 4.56. The zero-order valence-corrected chi connectivity index (χ0v) is 17.6. The number of nitrogens with zero attached hydrogens (tertiary/aromatic N) is 1. The first kappa shape index (κ1) is 16.7. The van der Waals surface area contributed by atoms with E-state index in [2.05, 4.69) is 71.7 Å². The third-order valence-electron chi connectivity index (χ3n) is 5.20. The molecule has 1 aromatic heterocycles. The number of aromatic nitrogens is 1. The SMILES string of the molecule is c1cnc2c(c1)Cc1ccc(-c3ccc4c(c3)Sc3ccccc3[Si]4)cc1S2. The lowest BCUT2D eigenvalue weighted by molar-refractivity contribution is 0.977. The van der Waals surface area contributed by atoms with Crippen LogP contribution < -0.4 is 10.4 Å². The van der Waals surface area contributed by atoms with Crippen molar-refractivity contribution in [2.45, 2.75) is 26.1 Å². The lowest BCUT2D eigenvalue weighted by Gasteiger charge is -2.20. The molecule has 2 aliphatic heterocycles. The van der Waals surface area contributed by atoms with Gasteiger partial charge in [-0.1, -0.05) is 72.1 Å². The zero-order valence-electron chi connectivity index (χ0n) is 15.0. The second kappa shape index (κ2) is 6.66. The van der Waals surface area contributed by atoms with Gasteiger partial charge in [0.2, 0.25) is 0 Å². The molecule has 132 valence electrons. The largest absolute Gasteiger partial charge is 0.249 e. The molecule has 1 nitrogen and oxygen atoms in total. The topological polar surface area (TPSA) is 12.9 Å². The third kappa shape index (κ3) is 2.84. The first-order valence-electron chi connectivity index (χ1n) is 9.26. The van der Waals surface area contributed by atoms with Crippen LogP contribution in [-0.4, -0.2) is 14.5 Å². The van der Waals surface area contributed by atoms with Crippen LogP contribution in [0.4, 0.5) is 0 Å². The van der Waals surface area contributed by atoms with Crippen molar-refractivity contribution in [2.75, 3.05) is 0 Å². The van der Waals surface area contributed by atoms with Crippen molar-refractivity contribution in [2.24, 2.45) is 0 Å². The molecule has 0 spiro atoms. The highest BCUT2D eigenvalue weighted by Crippen LogP contribution is 2.40. The Labute approximate surface area is 175 Å². The van der Waals surface area contributed by atoms with Crippen molar-refractivity contribution in [1.29, 1.82) is 0 Å². The van der Waals surface area contributed by atoms with Gasteiger partial charge in [0.25, 0.3) is 0 Å². The lowest BCUT2D eigenvalue weighted by atomic mass is 10.0. The van der Waals surface area contributed by atoms with Gasteiger partial charge < -0.3 is 0 Å². The van der Waals surface area contributed by atoms with Crippen LogP contribution in [0.25, 0.3) is 11.1 Å². The van der Waals surface area contributed by atoms with Crippen LogP contribution in [0.1, 0.15) is 11.1 Å². The molecule has 0 atom stereocenters. The first-order valence-corrected chi connectivity index (χ1v) is 11.9. The predicted octanol–water partition coefficient (Wildman–Crippen LogP) is 4.92. The minimum atomic E-state index is 0.749. The van der Waals surface area contributed by atoms with Gasteiger partial charge in [0, 0.05) is 27.3 Å². The van der Waals surface area contributed by atoms with Gasteiger partial charge in [0.15, 0.2) is 0 Å². The molecule has 0 saturated heterocycles. The normalized spacial score (nSPS) is 13.9. The summed E-state index contributed by atoms with van der Waals surface area (Å²) in [6.45, 7) is 0. The van der Waals surface area contributed by atoms with E-state index in [1.54, 1.807) is 11.8 Å². The van der Waals surface area contributed by atoms with E-state index in [1.807, 2.05) is 24.0 Å². The van der Waals surface area contributed by atoms with Gasteiger partial charge >= 0.3 is 0 Å². The van der Waals surface area contributed by atoms with Gasteiger partial charge in [-0.3, -0.25) is 0 Å². The Hall–Kier alpha value is -2.27. The van der Waals surface area contributed by atoms with E-state index in [1.165, 1.54) is 47.3 Å². The Balaban J connectivity index is 1.36. The molecule has 0 saturated carbocycles. The molecule has 28 heavy (non-hydrogen) atoms. The van der Waals surface area contributed by atoms with Crippen molar-refractivity contribution in [3.8, 4) is 11.1 Å². The molecule has 0 amide bonds. The number of rotatable bonds is 1. The Morgan fingerprint density at radius 3 is 2.46 bits per heavy atom. The van der Waals surface area contributed by atoms with Gasteiger partial charge in [-0.25, -0.2) is 4.98 Å². The quantitative estimate of drug-likeness (QED) is 0.358. The highest BCUT2D eigenvalue weighted by molar-refractivity contribution is 8.00. The predicted molar refractivity (Wildman–Crippen MR) is 119 cm³/mol. The molecule has 0 N–H and O–H groups in total. The van der Waals surface area contributed by atoms with Gasteiger partial charge in [-0.2, -0.15) is 0 Å². The number of pyridine rings is 1. The fraction of sp³-hybridized carbons (Fsp3) is 0.0417. The molecule has 2 aliphatic rings. The fourth-order valence-electron chi connectivity index (χ4n) is 3.75. The lowest BCUT2D eigenvalue weighted by Crippen LogP contribution is -2.33. The molecule has 6 rings (SSSR count). The van der Waals surface area contributed by atoms with E-state index in [0.29, 0.717) is 0 Å². The summed E-state index contributed by atoms with van der Waals surface area (Å²) in [4.78, 5) is 8.69. The van der Waals surface area contributed by atoms with E-state index in [9.17, 15) is 0 Å². The van der Waals surface area contributed by atoms with Gasteiger partial charge in [-0.15, -0.1) is 0 Å². The van der Waals surface area contributed by atoms with Crippen LogP contribution in [0, 0.1) is 0 Å². The van der Waals surface area contributed by atoms with E-state index in [-0.39, 0.29) is 0 Å². The van der Waals surface area contributed by atoms with Crippen LogP contribution in [0.5, 0.6) is 0 Å². The second-order valence-corrected chi connectivity index (χ2v) is 10.4. The van der Waals surface area contributed by atoms with Crippen molar-refractivity contribution in [3.05, 3.63) is 90.1 Å². The zero-order chi connectivity index (χ0) is 18.5. The molecule has 0 fully saturated rings. The average molecular weight is 410 g/mol. The van der Waals surface area contributed by atoms with E-state index in [0.717, 1.165) is 21.0 Å². The molecule has 3 aromatic carbocycles. The number of fused-ring (bicyclic) bond motifs is 4. The summed E-state index contributed by atoms with van der Waals surface area (Å²) < 4.78 is 0. The van der Waals surface area contributed by atoms with Crippen LogP contribution in [0.3, 0.4) is 0 Å². The molecule has 2 radical (unpaired) electrons. The van der Waals surface area contributed by atoms with Crippen molar-refractivity contribution in [1.82, 2.24) is 4.98 Å². The maximum Gasteiger partial charge on any atom is 0.124 e. The smallest absolute Gasteiger partial charge is 0.124 e. The molecule has 0 aliphatic carbocycles. The number of hydrogen-bond donors (Lipinski definition) is 0.